The van der Waals surface area contributed by atoms with Crippen LogP contribution in [0.25, 0.3) is 0 Å². The molecule has 0 aromatic heterocycles. The topological polar surface area (TPSA) is 49.9 Å². The number of ether oxygens (including phenoxy) is 1. The fraction of sp³-hybridized carbons (Fsp3) is 0.818. The number of cyclic esters (lactones) is 1. The minimum atomic E-state index is -0.717. The molecule has 16 heavy (non-hydrogen) atoms. The van der Waals surface area contributed by atoms with Crippen LogP contribution in [0, 0.1) is 0 Å². The molecule has 1 rings (SSSR count). The van der Waals surface area contributed by atoms with Crippen molar-refractivity contribution in [3.8, 4) is 0 Å². The first kappa shape index (κ1) is 13.0. The van der Waals surface area contributed by atoms with Gasteiger partial charge in [0.25, 0.3) is 0 Å². The van der Waals surface area contributed by atoms with Gasteiger partial charge in [-0.05, 0) is 20.0 Å². The van der Waals surface area contributed by atoms with Crippen molar-refractivity contribution in [3.63, 3.8) is 0 Å². The van der Waals surface area contributed by atoms with Gasteiger partial charge in [-0.2, -0.15) is 0 Å². The Morgan fingerprint density at radius 3 is 2.44 bits per heavy atom. The van der Waals surface area contributed by atoms with Crippen LogP contribution in [0.3, 0.4) is 0 Å². The highest BCUT2D eigenvalue weighted by Crippen LogP contribution is 2.09. The molecule has 5 nitrogen and oxygen atoms in total. The molecule has 1 fully saturated rings. The highest BCUT2D eigenvalue weighted by Gasteiger charge is 2.33. The second kappa shape index (κ2) is 5.84. The minimum Gasteiger partial charge on any atom is -0.452 e. The van der Waals surface area contributed by atoms with E-state index in [0.717, 1.165) is 13.1 Å². The summed E-state index contributed by atoms with van der Waals surface area (Å²) in [6.45, 7) is 9.61. The third-order valence-corrected chi connectivity index (χ3v) is 2.90. The fourth-order valence-electron chi connectivity index (χ4n) is 1.83. The summed E-state index contributed by atoms with van der Waals surface area (Å²) in [6, 6.07) is 0. The van der Waals surface area contributed by atoms with Crippen LogP contribution in [0.2, 0.25) is 0 Å². The van der Waals surface area contributed by atoms with E-state index in [-0.39, 0.29) is 6.10 Å². The molecular weight excluding hydrogens is 208 g/mol. The first-order valence-electron chi connectivity index (χ1n) is 5.84. The lowest BCUT2D eigenvalue weighted by Gasteiger charge is -2.33. The van der Waals surface area contributed by atoms with Crippen LogP contribution >= 0.6 is 0 Å². The van der Waals surface area contributed by atoms with Crippen molar-refractivity contribution in [2.24, 2.45) is 0 Å². The van der Waals surface area contributed by atoms with E-state index < -0.39 is 11.9 Å². The van der Waals surface area contributed by atoms with Gasteiger partial charge in [0, 0.05) is 13.1 Å². The second-order valence-corrected chi connectivity index (χ2v) is 3.86. The van der Waals surface area contributed by atoms with Crippen molar-refractivity contribution >= 4 is 11.9 Å². The normalized spacial score (nSPS) is 21.5. The molecule has 0 bridgehead atoms. The highest BCUT2D eigenvalue weighted by molar-refractivity contribution is 6.32. The Morgan fingerprint density at radius 2 is 1.94 bits per heavy atom. The fourth-order valence-corrected chi connectivity index (χ4v) is 1.83. The van der Waals surface area contributed by atoms with Gasteiger partial charge in [0.1, 0.15) is 6.10 Å². The van der Waals surface area contributed by atoms with E-state index >= 15 is 0 Å². The summed E-state index contributed by atoms with van der Waals surface area (Å²) < 4.78 is 5.09. The molecule has 0 saturated carbocycles. The van der Waals surface area contributed by atoms with E-state index in [2.05, 4.69) is 18.7 Å². The summed E-state index contributed by atoms with van der Waals surface area (Å²) in [5.41, 5.74) is 0. The summed E-state index contributed by atoms with van der Waals surface area (Å²) in [6.07, 6.45) is -0.190. The number of carbonyl (C=O) groups excluding carboxylic acids is 2. The first-order chi connectivity index (χ1) is 7.62. The van der Waals surface area contributed by atoms with Crippen LogP contribution in [0.4, 0.5) is 0 Å². The number of esters is 1. The molecule has 92 valence electrons. The monoisotopic (exact) mass is 228 g/mol. The molecule has 0 aliphatic carbocycles. The Kier molecular flexibility index (Phi) is 4.73. The minimum absolute atomic E-state index is 0.190. The van der Waals surface area contributed by atoms with Crippen LogP contribution in [-0.4, -0.2) is 60.5 Å². The second-order valence-electron chi connectivity index (χ2n) is 3.86. The Morgan fingerprint density at radius 1 is 1.31 bits per heavy atom. The summed E-state index contributed by atoms with van der Waals surface area (Å²) in [5, 5.41) is 0. The molecule has 1 aliphatic rings. The highest BCUT2D eigenvalue weighted by atomic mass is 16.6. The molecule has 0 aromatic carbocycles. The van der Waals surface area contributed by atoms with E-state index in [1.165, 1.54) is 0 Å². The first-order valence-corrected chi connectivity index (χ1v) is 5.84. The summed E-state index contributed by atoms with van der Waals surface area (Å²) in [7, 11) is 0. The molecule has 1 heterocycles. The number of likely N-dealkylation sites (N-methyl/N-ethyl adjacent to an activating group) is 2. The Hall–Kier alpha value is -1.10. The van der Waals surface area contributed by atoms with E-state index in [0.29, 0.717) is 19.6 Å². The molecule has 0 spiro atoms. The average molecular weight is 228 g/mol. The van der Waals surface area contributed by atoms with Crippen molar-refractivity contribution in [2.75, 3.05) is 32.7 Å². The molecule has 0 N–H and O–H groups in total. The molecule has 0 radical (unpaired) electrons. The van der Waals surface area contributed by atoms with E-state index in [1.807, 2.05) is 6.92 Å². The largest absolute Gasteiger partial charge is 0.452 e. The molecule has 1 atom stereocenters. The maximum absolute atomic E-state index is 11.4. The van der Waals surface area contributed by atoms with E-state index in [4.69, 9.17) is 4.74 Å². The van der Waals surface area contributed by atoms with Gasteiger partial charge in [0.2, 0.25) is 0 Å². The lowest BCUT2D eigenvalue weighted by molar-refractivity contribution is -0.173. The van der Waals surface area contributed by atoms with Crippen molar-refractivity contribution < 1.29 is 14.3 Å². The predicted octanol–water partition coefficient (Wildman–Crippen LogP) is 0.102. The predicted molar refractivity (Wildman–Crippen MR) is 59.9 cm³/mol. The van der Waals surface area contributed by atoms with Crippen molar-refractivity contribution in [3.05, 3.63) is 0 Å². The van der Waals surface area contributed by atoms with Crippen LogP contribution in [0.5, 0.6) is 0 Å². The van der Waals surface area contributed by atoms with E-state index in [1.54, 1.807) is 4.90 Å². The van der Waals surface area contributed by atoms with Crippen molar-refractivity contribution in [2.45, 2.75) is 26.9 Å². The number of nitrogens with zero attached hydrogens (tertiary/aromatic N) is 2. The van der Waals surface area contributed by atoms with Gasteiger partial charge >= 0.3 is 11.9 Å². The van der Waals surface area contributed by atoms with Crippen LogP contribution in [0.15, 0.2) is 0 Å². The summed E-state index contributed by atoms with van der Waals surface area (Å²) in [4.78, 5) is 26.4. The molecule has 1 unspecified atom stereocenters. The molecule has 0 aromatic rings. The Labute approximate surface area is 96.3 Å². The number of rotatable bonds is 5. The van der Waals surface area contributed by atoms with Crippen molar-refractivity contribution in [1.29, 1.82) is 0 Å². The van der Waals surface area contributed by atoms with Gasteiger partial charge in [-0.25, -0.2) is 4.79 Å². The lowest BCUT2D eigenvalue weighted by Crippen LogP contribution is -2.52. The number of carbonyl (C=O) groups is 2. The third-order valence-electron chi connectivity index (χ3n) is 2.90. The van der Waals surface area contributed by atoms with Crippen LogP contribution < -0.4 is 0 Å². The van der Waals surface area contributed by atoms with E-state index in [9.17, 15) is 9.59 Å². The zero-order valence-electron chi connectivity index (χ0n) is 10.2. The molecule has 5 heteroatoms. The molecular formula is C11H20N2O3. The maximum Gasteiger partial charge on any atom is 0.397 e. The SMILES string of the molecule is CCN(CC)CC1CN(CC)C(=O)C(=O)O1. The van der Waals surface area contributed by atoms with Crippen LogP contribution in [0.1, 0.15) is 20.8 Å². The third kappa shape index (κ3) is 2.95. The van der Waals surface area contributed by atoms with Gasteiger partial charge in [0.05, 0.1) is 6.54 Å². The lowest BCUT2D eigenvalue weighted by atomic mass is 10.2. The standard InChI is InChI=1S/C11H20N2O3/c1-4-12(5-2)7-9-8-13(6-3)10(14)11(15)16-9/h9H,4-8H2,1-3H3. The van der Waals surface area contributed by atoms with Crippen LogP contribution in [-0.2, 0) is 14.3 Å². The maximum atomic E-state index is 11.4. The van der Waals surface area contributed by atoms with Gasteiger partial charge in [0.15, 0.2) is 0 Å². The molecule has 1 aliphatic heterocycles. The number of morpholine rings is 1. The Balaban J connectivity index is 2.56. The van der Waals surface area contributed by atoms with Gasteiger partial charge in [-0.1, -0.05) is 13.8 Å². The summed E-state index contributed by atoms with van der Waals surface area (Å²) in [5.74, 6) is -1.23. The summed E-state index contributed by atoms with van der Waals surface area (Å²) >= 11 is 0. The number of hydrogen-bond acceptors (Lipinski definition) is 4. The van der Waals surface area contributed by atoms with Gasteiger partial charge in [-0.15, -0.1) is 0 Å². The van der Waals surface area contributed by atoms with Gasteiger partial charge in [-0.3, -0.25) is 4.79 Å². The van der Waals surface area contributed by atoms with Crippen molar-refractivity contribution in [1.82, 2.24) is 9.80 Å². The Bertz CT molecular complexity index is 264. The number of hydrogen-bond donors (Lipinski definition) is 0. The smallest absolute Gasteiger partial charge is 0.397 e. The van der Waals surface area contributed by atoms with Gasteiger partial charge < -0.3 is 14.5 Å². The number of amides is 1. The molecule has 1 amide bonds. The average Bonchev–Trinajstić information content (AvgIpc) is 2.30. The molecule has 1 saturated heterocycles. The quantitative estimate of drug-likeness (QED) is 0.495. The zero-order chi connectivity index (χ0) is 12.1. The zero-order valence-corrected chi connectivity index (χ0v) is 10.2.